The molecule has 1 rings (SSSR count). The van der Waals surface area contributed by atoms with Crippen LogP contribution in [-0.2, 0) is 0 Å². The largest absolute Gasteiger partial charge is 0.392 e. The summed E-state index contributed by atoms with van der Waals surface area (Å²) in [6, 6.07) is 7.55. The summed E-state index contributed by atoms with van der Waals surface area (Å²) in [5.41, 5.74) is 1.73. The van der Waals surface area contributed by atoms with Crippen molar-refractivity contribution in [2.45, 2.75) is 32.8 Å². The maximum Gasteiger partial charge on any atom is 0.251 e. The number of hydrogen-bond acceptors (Lipinski definition) is 2. The molecule has 0 radical (unpaired) electrons. The molecule has 0 aromatic heterocycles. The summed E-state index contributed by atoms with van der Waals surface area (Å²) in [7, 11) is 0. The Labute approximate surface area is 96.5 Å². The Kier molecular flexibility index (Phi) is 4.50. The molecule has 88 valence electrons. The van der Waals surface area contributed by atoms with Crippen molar-refractivity contribution in [1.29, 1.82) is 0 Å². The Bertz CT molecular complexity index is 359. The molecule has 0 saturated carbocycles. The van der Waals surface area contributed by atoms with Gasteiger partial charge < -0.3 is 10.4 Å². The van der Waals surface area contributed by atoms with Gasteiger partial charge in [0.1, 0.15) is 0 Å². The zero-order valence-corrected chi connectivity index (χ0v) is 10.0. The van der Waals surface area contributed by atoms with Gasteiger partial charge in [0.15, 0.2) is 0 Å². The summed E-state index contributed by atoms with van der Waals surface area (Å²) in [4.78, 5) is 11.9. The molecule has 0 heterocycles. The molecular formula is C13H19NO2. The highest BCUT2D eigenvalue weighted by Gasteiger charge is 2.12. The fourth-order valence-corrected chi connectivity index (χ4v) is 1.54. The summed E-state index contributed by atoms with van der Waals surface area (Å²) in [5.74, 6) is 0.193. The SMILES string of the molecule is CC(O)CNC(=O)c1ccccc1C(C)C. The highest BCUT2D eigenvalue weighted by molar-refractivity contribution is 5.95. The van der Waals surface area contributed by atoms with Crippen molar-refractivity contribution in [2.75, 3.05) is 6.54 Å². The van der Waals surface area contributed by atoms with Crippen molar-refractivity contribution in [1.82, 2.24) is 5.32 Å². The molecule has 0 aliphatic heterocycles. The second kappa shape index (κ2) is 5.66. The number of benzene rings is 1. The third-order valence-corrected chi connectivity index (χ3v) is 2.39. The molecule has 1 amide bonds. The second-order valence-electron chi connectivity index (χ2n) is 4.30. The molecule has 0 aliphatic rings. The maximum absolute atomic E-state index is 11.9. The Morgan fingerprint density at radius 1 is 1.31 bits per heavy atom. The summed E-state index contributed by atoms with van der Waals surface area (Å²) < 4.78 is 0. The van der Waals surface area contributed by atoms with Gasteiger partial charge in [0.05, 0.1) is 6.10 Å². The zero-order valence-electron chi connectivity index (χ0n) is 10.0. The van der Waals surface area contributed by atoms with Gasteiger partial charge in [-0.25, -0.2) is 0 Å². The smallest absolute Gasteiger partial charge is 0.251 e. The first-order chi connectivity index (χ1) is 7.52. The van der Waals surface area contributed by atoms with E-state index in [1.165, 1.54) is 0 Å². The van der Waals surface area contributed by atoms with E-state index in [4.69, 9.17) is 5.11 Å². The summed E-state index contributed by atoms with van der Waals surface area (Å²) in [6.45, 7) is 6.04. The van der Waals surface area contributed by atoms with Crippen molar-refractivity contribution in [3.05, 3.63) is 35.4 Å². The van der Waals surface area contributed by atoms with Crippen LogP contribution in [0.3, 0.4) is 0 Å². The van der Waals surface area contributed by atoms with Gasteiger partial charge in [-0.3, -0.25) is 4.79 Å². The van der Waals surface area contributed by atoms with Gasteiger partial charge in [-0.1, -0.05) is 32.0 Å². The van der Waals surface area contributed by atoms with Crippen LogP contribution in [0.4, 0.5) is 0 Å². The van der Waals surface area contributed by atoms with Crippen LogP contribution in [-0.4, -0.2) is 23.7 Å². The van der Waals surface area contributed by atoms with Crippen LogP contribution in [0.2, 0.25) is 0 Å². The Balaban J connectivity index is 2.82. The molecule has 0 spiro atoms. The molecular weight excluding hydrogens is 202 g/mol. The highest BCUT2D eigenvalue weighted by Crippen LogP contribution is 2.18. The monoisotopic (exact) mass is 221 g/mol. The lowest BCUT2D eigenvalue weighted by Crippen LogP contribution is -2.31. The van der Waals surface area contributed by atoms with E-state index < -0.39 is 6.10 Å². The molecule has 0 aliphatic carbocycles. The van der Waals surface area contributed by atoms with Crippen LogP contribution in [0.5, 0.6) is 0 Å². The zero-order chi connectivity index (χ0) is 12.1. The molecule has 3 nitrogen and oxygen atoms in total. The lowest BCUT2D eigenvalue weighted by molar-refractivity contribution is 0.0922. The molecule has 1 unspecified atom stereocenters. The topological polar surface area (TPSA) is 49.3 Å². The molecule has 1 aromatic rings. The molecule has 0 bridgehead atoms. The van der Waals surface area contributed by atoms with Gasteiger partial charge >= 0.3 is 0 Å². The standard InChI is InChI=1S/C13H19NO2/c1-9(2)11-6-4-5-7-12(11)13(16)14-8-10(3)15/h4-7,9-10,15H,8H2,1-3H3,(H,14,16). The van der Waals surface area contributed by atoms with Crippen LogP contribution < -0.4 is 5.32 Å². The van der Waals surface area contributed by atoms with E-state index in [0.29, 0.717) is 11.5 Å². The van der Waals surface area contributed by atoms with E-state index in [0.717, 1.165) is 5.56 Å². The van der Waals surface area contributed by atoms with E-state index in [-0.39, 0.29) is 12.5 Å². The van der Waals surface area contributed by atoms with Gasteiger partial charge in [0.25, 0.3) is 5.91 Å². The third-order valence-electron chi connectivity index (χ3n) is 2.39. The number of aliphatic hydroxyl groups is 1. The van der Waals surface area contributed by atoms with Crippen LogP contribution in [0.15, 0.2) is 24.3 Å². The minimum atomic E-state index is -0.518. The number of amides is 1. The van der Waals surface area contributed by atoms with Crippen LogP contribution in [0.1, 0.15) is 42.6 Å². The molecule has 2 N–H and O–H groups in total. The number of hydrogen-bond donors (Lipinski definition) is 2. The number of nitrogens with one attached hydrogen (secondary N) is 1. The molecule has 0 fully saturated rings. The summed E-state index contributed by atoms with van der Waals surface area (Å²) in [6.07, 6.45) is -0.518. The molecule has 16 heavy (non-hydrogen) atoms. The first-order valence-electron chi connectivity index (χ1n) is 5.57. The quantitative estimate of drug-likeness (QED) is 0.816. The van der Waals surface area contributed by atoms with Gasteiger partial charge in [-0.2, -0.15) is 0 Å². The average molecular weight is 221 g/mol. The van der Waals surface area contributed by atoms with Gasteiger partial charge in [-0.15, -0.1) is 0 Å². The average Bonchev–Trinajstić information content (AvgIpc) is 2.25. The number of carbonyl (C=O) groups is 1. The fourth-order valence-electron chi connectivity index (χ4n) is 1.54. The number of aliphatic hydroxyl groups excluding tert-OH is 1. The van der Waals surface area contributed by atoms with Crippen molar-refractivity contribution in [2.24, 2.45) is 0 Å². The van der Waals surface area contributed by atoms with Crippen molar-refractivity contribution in [3.63, 3.8) is 0 Å². The minimum Gasteiger partial charge on any atom is -0.392 e. The van der Waals surface area contributed by atoms with Gasteiger partial charge in [0, 0.05) is 12.1 Å². The minimum absolute atomic E-state index is 0.120. The molecule has 1 aromatic carbocycles. The first-order valence-corrected chi connectivity index (χ1v) is 5.57. The molecule has 0 saturated heterocycles. The Morgan fingerprint density at radius 3 is 2.50 bits per heavy atom. The number of carbonyl (C=O) groups excluding carboxylic acids is 1. The van der Waals surface area contributed by atoms with Crippen molar-refractivity contribution < 1.29 is 9.90 Å². The maximum atomic E-state index is 11.9. The highest BCUT2D eigenvalue weighted by atomic mass is 16.3. The third kappa shape index (κ3) is 3.35. The van der Waals surface area contributed by atoms with Gasteiger partial charge in [-0.05, 0) is 24.5 Å². The first kappa shape index (κ1) is 12.7. The van der Waals surface area contributed by atoms with Crippen molar-refractivity contribution >= 4 is 5.91 Å². The van der Waals surface area contributed by atoms with Crippen LogP contribution >= 0.6 is 0 Å². The van der Waals surface area contributed by atoms with E-state index in [1.807, 2.05) is 24.3 Å². The Morgan fingerprint density at radius 2 is 1.94 bits per heavy atom. The lowest BCUT2D eigenvalue weighted by atomic mass is 9.97. The predicted octanol–water partition coefficient (Wildman–Crippen LogP) is 1.92. The van der Waals surface area contributed by atoms with Crippen molar-refractivity contribution in [3.8, 4) is 0 Å². The number of rotatable bonds is 4. The lowest BCUT2D eigenvalue weighted by Gasteiger charge is -2.13. The Hall–Kier alpha value is -1.35. The summed E-state index contributed by atoms with van der Waals surface area (Å²) >= 11 is 0. The predicted molar refractivity (Wildman–Crippen MR) is 64.5 cm³/mol. The van der Waals surface area contributed by atoms with E-state index in [1.54, 1.807) is 6.92 Å². The van der Waals surface area contributed by atoms with Crippen LogP contribution in [0.25, 0.3) is 0 Å². The fraction of sp³-hybridized carbons (Fsp3) is 0.462. The van der Waals surface area contributed by atoms with E-state index in [2.05, 4.69) is 19.2 Å². The molecule has 1 atom stereocenters. The molecule has 3 heteroatoms. The van der Waals surface area contributed by atoms with E-state index in [9.17, 15) is 4.79 Å². The normalized spacial score (nSPS) is 12.6. The van der Waals surface area contributed by atoms with Gasteiger partial charge in [0.2, 0.25) is 0 Å². The second-order valence-corrected chi connectivity index (χ2v) is 4.30. The van der Waals surface area contributed by atoms with Crippen LogP contribution in [0, 0.1) is 0 Å². The summed E-state index contributed by atoms with van der Waals surface area (Å²) in [5, 5.41) is 11.8. The van der Waals surface area contributed by atoms with E-state index >= 15 is 0 Å².